The van der Waals surface area contributed by atoms with Crippen LogP contribution in [0.2, 0.25) is 0 Å². The van der Waals surface area contributed by atoms with Crippen LogP contribution < -0.4 is 17.0 Å². The van der Waals surface area contributed by atoms with Gasteiger partial charge in [-0.15, -0.1) is 0 Å². The van der Waals surface area contributed by atoms with Crippen LogP contribution in [0.1, 0.15) is 115 Å². The van der Waals surface area contributed by atoms with E-state index in [0.717, 1.165) is 19.4 Å². The van der Waals surface area contributed by atoms with Crippen LogP contribution in [0.5, 0.6) is 0 Å². The number of quaternary nitrogens is 1. The summed E-state index contributed by atoms with van der Waals surface area (Å²) >= 11 is 0. The van der Waals surface area contributed by atoms with Crippen molar-refractivity contribution in [1.82, 2.24) is 0 Å². The lowest BCUT2D eigenvalue weighted by Crippen LogP contribution is -3.00. The Balaban J connectivity index is 0.00000841. The van der Waals surface area contributed by atoms with E-state index in [1.54, 1.807) is 0 Å². The van der Waals surface area contributed by atoms with Crippen molar-refractivity contribution in [3.8, 4) is 0 Å². The Hall–Kier alpha value is -0.670. The van der Waals surface area contributed by atoms with Gasteiger partial charge in [0.1, 0.15) is 6.54 Å². The average Bonchev–Trinajstić information content (AvgIpc) is 2.71. The quantitative estimate of drug-likeness (QED) is 0.211. The summed E-state index contributed by atoms with van der Waals surface area (Å²) in [6, 6.07) is 10.4. The van der Waals surface area contributed by atoms with E-state index in [-0.39, 0.29) is 17.0 Å². The number of amides is 1. The van der Waals surface area contributed by atoms with Crippen LogP contribution in [-0.2, 0) is 11.3 Å². The van der Waals surface area contributed by atoms with E-state index in [0.29, 0.717) is 10.4 Å². The highest BCUT2D eigenvalue weighted by Crippen LogP contribution is 2.16. The summed E-state index contributed by atoms with van der Waals surface area (Å²) in [5, 5.41) is 0. The topological polar surface area (TPSA) is 17.1 Å². The Morgan fingerprint density at radius 1 is 0.667 bits per heavy atom. The molecule has 0 fully saturated rings. The first kappa shape index (κ1) is 29.3. The molecule has 30 heavy (non-hydrogen) atoms. The zero-order valence-corrected chi connectivity index (χ0v) is 21.7. The van der Waals surface area contributed by atoms with Crippen LogP contribution >= 0.6 is 0 Å². The van der Waals surface area contributed by atoms with Gasteiger partial charge in [-0.3, -0.25) is 4.48 Å². The first-order valence-electron chi connectivity index (χ1n) is 12.5. The van der Waals surface area contributed by atoms with Crippen molar-refractivity contribution >= 4 is 5.91 Å². The summed E-state index contributed by atoms with van der Waals surface area (Å²) in [5.74, 6) is 0.364. The first-order valence-corrected chi connectivity index (χ1v) is 12.5. The smallest absolute Gasteiger partial charge is 0.313 e. The van der Waals surface area contributed by atoms with E-state index < -0.39 is 0 Å². The molecule has 0 heterocycles. The number of carbonyl (C=O) groups excluding carboxylic acids is 1. The van der Waals surface area contributed by atoms with Crippen molar-refractivity contribution in [3.05, 3.63) is 35.9 Å². The predicted octanol–water partition coefficient (Wildman–Crippen LogP) is 5.06. The molecule has 1 amide bonds. The summed E-state index contributed by atoms with van der Waals surface area (Å²) < 4.78 is 0.461. The molecule has 1 aromatic rings. The lowest BCUT2D eigenvalue weighted by atomic mass is 10.0. The number of rotatable bonds is 18. The molecule has 0 N–H and O–H groups in total. The molecule has 0 saturated carbocycles. The fourth-order valence-electron chi connectivity index (χ4n) is 4.08. The van der Waals surface area contributed by atoms with Gasteiger partial charge in [-0.05, 0) is 6.42 Å². The number of hydrogen-bond donors (Lipinski definition) is 0. The van der Waals surface area contributed by atoms with Crippen molar-refractivity contribution in [2.45, 2.75) is 116 Å². The van der Waals surface area contributed by atoms with Gasteiger partial charge < -0.3 is 17.0 Å². The van der Waals surface area contributed by atoms with Gasteiger partial charge in [0.15, 0.2) is 0 Å². The van der Waals surface area contributed by atoms with E-state index in [1.165, 1.54) is 95.5 Å². The summed E-state index contributed by atoms with van der Waals surface area (Å²) in [6.07, 6.45) is 21.2. The van der Waals surface area contributed by atoms with Crippen LogP contribution in [0.15, 0.2) is 30.3 Å². The number of benzene rings is 1. The van der Waals surface area contributed by atoms with Crippen molar-refractivity contribution in [1.29, 1.82) is 0 Å². The highest BCUT2D eigenvalue weighted by molar-refractivity contribution is 5.68. The zero-order chi connectivity index (χ0) is 21.2. The number of carbonyl (C=O) groups is 1. The van der Waals surface area contributed by atoms with Crippen LogP contribution in [0.3, 0.4) is 0 Å². The molecular formula is C27H48BrNO. The van der Waals surface area contributed by atoms with E-state index >= 15 is 0 Å². The van der Waals surface area contributed by atoms with Gasteiger partial charge in [-0.1, -0.05) is 127 Å². The molecule has 0 aliphatic rings. The van der Waals surface area contributed by atoms with Crippen molar-refractivity contribution in [3.63, 3.8) is 0 Å². The fourth-order valence-corrected chi connectivity index (χ4v) is 4.08. The van der Waals surface area contributed by atoms with Gasteiger partial charge in [-0.25, -0.2) is 4.79 Å². The predicted molar refractivity (Wildman–Crippen MR) is 127 cm³/mol. The molecule has 0 unspecified atom stereocenters. The Morgan fingerprint density at radius 3 is 1.50 bits per heavy atom. The normalized spacial score (nSPS) is 11.3. The Morgan fingerprint density at radius 2 is 1.07 bits per heavy atom. The monoisotopic (exact) mass is 481 g/mol. The molecule has 174 valence electrons. The van der Waals surface area contributed by atoms with Crippen LogP contribution in [-0.4, -0.2) is 24.5 Å². The second kappa shape index (κ2) is 19.0. The lowest BCUT2D eigenvalue weighted by Gasteiger charge is -2.27. The SMILES string of the molecule is CCCCCCCCCCCCCCCCCC(=O)[N+](C)(C)Cc1ccccc1.[Br-]. The van der Waals surface area contributed by atoms with E-state index in [1.807, 2.05) is 20.2 Å². The highest BCUT2D eigenvalue weighted by atomic mass is 79.9. The standard InChI is InChI=1S/C27H48NO.BrH/c1-4-5-6-7-8-9-10-11-12-13-14-15-16-17-21-24-27(29)28(2,3)25-26-22-19-18-20-23-26;/h18-20,22-23H,4-17,21,24-25H2,1-3H3;1H/q+1;/p-1. The second-order valence-corrected chi connectivity index (χ2v) is 9.42. The lowest BCUT2D eigenvalue weighted by molar-refractivity contribution is -0.828. The summed E-state index contributed by atoms with van der Waals surface area (Å²) in [7, 11) is 4.08. The molecule has 2 nitrogen and oxygen atoms in total. The van der Waals surface area contributed by atoms with E-state index in [9.17, 15) is 4.79 Å². The van der Waals surface area contributed by atoms with Crippen LogP contribution in [0, 0.1) is 0 Å². The van der Waals surface area contributed by atoms with Gasteiger partial charge in [0, 0.05) is 5.56 Å². The highest BCUT2D eigenvalue weighted by Gasteiger charge is 2.25. The van der Waals surface area contributed by atoms with Crippen molar-refractivity contribution in [2.24, 2.45) is 0 Å². The molecule has 0 atom stereocenters. The largest absolute Gasteiger partial charge is 1.00 e. The van der Waals surface area contributed by atoms with Crippen molar-refractivity contribution < 1.29 is 26.3 Å². The molecule has 1 rings (SSSR count). The fraction of sp³-hybridized carbons (Fsp3) is 0.741. The minimum absolute atomic E-state index is 0. The Bertz CT molecular complexity index is 515. The molecule has 0 bridgehead atoms. The summed E-state index contributed by atoms with van der Waals surface area (Å²) in [6.45, 7) is 3.07. The number of hydrogen-bond acceptors (Lipinski definition) is 1. The van der Waals surface area contributed by atoms with E-state index in [4.69, 9.17) is 0 Å². The molecule has 0 aliphatic carbocycles. The van der Waals surface area contributed by atoms with Crippen LogP contribution in [0.25, 0.3) is 0 Å². The minimum atomic E-state index is 0. The van der Waals surface area contributed by atoms with Gasteiger partial charge in [0.25, 0.3) is 0 Å². The summed E-state index contributed by atoms with van der Waals surface area (Å²) in [5.41, 5.74) is 1.24. The number of nitrogens with zero attached hydrogens (tertiary/aromatic N) is 1. The minimum Gasteiger partial charge on any atom is -1.00 e. The molecule has 0 radical (unpaired) electrons. The molecule has 0 saturated heterocycles. The first-order chi connectivity index (χ1) is 14.1. The second-order valence-electron chi connectivity index (χ2n) is 9.42. The van der Waals surface area contributed by atoms with Gasteiger partial charge in [0.05, 0.1) is 20.5 Å². The Kier molecular flexibility index (Phi) is 18.6. The molecule has 3 heteroatoms. The molecule has 1 aromatic carbocycles. The molecule has 0 spiro atoms. The maximum Gasteiger partial charge on any atom is 0.313 e. The van der Waals surface area contributed by atoms with Gasteiger partial charge >= 0.3 is 5.91 Å². The molecule has 0 aromatic heterocycles. The third kappa shape index (κ3) is 15.2. The third-order valence-electron chi connectivity index (χ3n) is 6.09. The van der Waals surface area contributed by atoms with Crippen molar-refractivity contribution in [2.75, 3.05) is 14.1 Å². The van der Waals surface area contributed by atoms with E-state index in [2.05, 4.69) is 31.2 Å². The molecular weight excluding hydrogens is 434 g/mol. The maximum absolute atomic E-state index is 12.6. The summed E-state index contributed by atoms with van der Waals surface area (Å²) in [4.78, 5) is 12.6. The Labute approximate surface area is 198 Å². The van der Waals surface area contributed by atoms with Gasteiger partial charge in [0.2, 0.25) is 0 Å². The zero-order valence-electron chi connectivity index (χ0n) is 20.1. The van der Waals surface area contributed by atoms with Crippen LogP contribution in [0.4, 0.5) is 0 Å². The third-order valence-corrected chi connectivity index (χ3v) is 6.09. The maximum atomic E-state index is 12.6. The van der Waals surface area contributed by atoms with Gasteiger partial charge in [-0.2, -0.15) is 0 Å². The molecule has 0 aliphatic heterocycles. The average molecular weight is 483 g/mol. The number of halogens is 1. The number of unbranched alkanes of at least 4 members (excludes halogenated alkanes) is 14.